The highest BCUT2D eigenvalue weighted by Gasteiger charge is 2.23. The minimum atomic E-state index is -1.11. The van der Waals surface area contributed by atoms with Crippen molar-refractivity contribution in [1.29, 1.82) is 0 Å². The van der Waals surface area contributed by atoms with Crippen molar-refractivity contribution in [3.63, 3.8) is 0 Å². The van der Waals surface area contributed by atoms with Crippen LogP contribution in [0.3, 0.4) is 0 Å². The molecule has 0 aromatic heterocycles. The Kier molecular flexibility index (Phi) is 4.06. The van der Waals surface area contributed by atoms with Crippen molar-refractivity contribution in [2.75, 3.05) is 7.11 Å². The minimum absolute atomic E-state index is 0.806. The Morgan fingerprint density at radius 1 is 1.58 bits per heavy atom. The number of nitrogens with two attached hydrogens (primary N) is 1. The van der Waals surface area contributed by atoms with Crippen LogP contribution >= 0.6 is 0 Å². The van der Waals surface area contributed by atoms with Crippen molar-refractivity contribution in [2.45, 2.75) is 19.1 Å². The van der Waals surface area contributed by atoms with Crippen LogP contribution in [0.5, 0.6) is 0 Å². The molecule has 0 fully saturated rings. The second-order valence-corrected chi connectivity index (χ2v) is 2.26. The van der Waals surface area contributed by atoms with Crippen LogP contribution in [0.2, 0.25) is 0 Å². The summed E-state index contributed by atoms with van der Waals surface area (Å²) in [7, 11) is 1.15. The van der Waals surface area contributed by atoms with E-state index >= 15 is 0 Å². The second kappa shape index (κ2) is 4.55. The lowest BCUT2D eigenvalue weighted by Gasteiger charge is -2.16. The number of alkyl carbamates (subject to hydrolysis) is 1. The summed E-state index contributed by atoms with van der Waals surface area (Å²) in [6, 6.07) is -1.11. The Morgan fingerprint density at radius 2 is 2.08 bits per heavy atom. The molecule has 0 rings (SSSR count). The molecule has 0 aliphatic rings. The van der Waals surface area contributed by atoms with Gasteiger partial charge in [-0.1, -0.05) is 0 Å². The first-order valence-corrected chi connectivity index (χ1v) is 3.31. The number of nitrogens with one attached hydrogen (secondary N) is 1. The van der Waals surface area contributed by atoms with Gasteiger partial charge in [0.15, 0.2) is 0 Å². The molecule has 0 saturated carbocycles. The van der Waals surface area contributed by atoms with Crippen molar-refractivity contribution in [2.24, 2.45) is 5.73 Å². The summed E-state index contributed by atoms with van der Waals surface area (Å²) in [6.07, 6.45) is -1.85. The van der Waals surface area contributed by atoms with Crippen LogP contribution in [0.1, 0.15) is 6.92 Å². The van der Waals surface area contributed by atoms with Gasteiger partial charge in [0, 0.05) is 0 Å². The van der Waals surface area contributed by atoms with E-state index in [0.717, 1.165) is 7.11 Å². The maximum atomic E-state index is 10.6. The highest BCUT2D eigenvalue weighted by atomic mass is 16.5. The van der Waals surface area contributed by atoms with E-state index < -0.39 is 24.1 Å². The second-order valence-electron chi connectivity index (χ2n) is 2.26. The summed E-state index contributed by atoms with van der Waals surface area (Å²) < 4.78 is 4.21. The summed E-state index contributed by atoms with van der Waals surface area (Å²) in [5.41, 5.74) is 4.87. The Bertz CT molecular complexity index is 180. The third-order valence-corrected chi connectivity index (χ3v) is 1.25. The smallest absolute Gasteiger partial charge is 0.407 e. The fourth-order valence-corrected chi connectivity index (χ4v) is 0.615. The fourth-order valence-electron chi connectivity index (χ4n) is 0.615. The van der Waals surface area contributed by atoms with E-state index in [1.54, 1.807) is 0 Å². The third-order valence-electron chi connectivity index (χ3n) is 1.25. The van der Waals surface area contributed by atoms with Crippen molar-refractivity contribution >= 4 is 12.0 Å². The van der Waals surface area contributed by atoms with Gasteiger partial charge in [-0.2, -0.15) is 0 Å². The molecule has 0 heterocycles. The lowest BCUT2D eigenvalue weighted by Crippen LogP contribution is -2.50. The normalized spacial score (nSPS) is 14.6. The van der Waals surface area contributed by atoms with E-state index in [2.05, 4.69) is 10.1 Å². The number of aliphatic hydroxyl groups is 1. The van der Waals surface area contributed by atoms with Gasteiger partial charge in [-0.25, -0.2) is 4.79 Å². The van der Waals surface area contributed by atoms with Crippen LogP contribution in [0.15, 0.2) is 0 Å². The molecule has 0 bridgehead atoms. The monoisotopic (exact) mass is 176 g/mol. The number of aliphatic hydroxyl groups excluding tert-OH is 1. The number of ether oxygens (including phenoxy) is 1. The number of carbonyl (C=O) groups is 2. The molecule has 6 nitrogen and oxygen atoms in total. The Balaban J connectivity index is 4.14. The van der Waals surface area contributed by atoms with Crippen LogP contribution < -0.4 is 11.1 Å². The summed E-state index contributed by atoms with van der Waals surface area (Å²) in [5, 5.41) is 11.0. The summed E-state index contributed by atoms with van der Waals surface area (Å²) in [6.45, 7) is 1.34. The van der Waals surface area contributed by atoms with Crippen LogP contribution in [0.4, 0.5) is 4.79 Å². The van der Waals surface area contributed by atoms with E-state index in [0.29, 0.717) is 0 Å². The predicted octanol–water partition coefficient (Wildman–Crippen LogP) is -1.42. The van der Waals surface area contributed by atoms with E-state index in [4.69, 9.17) is 10.8 Å². The molecule has 2 amide bonds. The minimum Gasteiger partial charge on any atom is -0.453 e. The Morgan fingerprint density at radius 3 is 2.33 bits per heavy atom. The molecule has 0 aliphatic carbocycles. The summed E-state index contributed by atoms with van der Waals surface area (Å²) >= 11 is 0. The fraction of sp³-hybridized carbons (Fsp3) is 0.667. The number of hydrogen-bond acceptors (Lipinski definition) is 4. The lowest BCUT2D eigenvalue weighted by atomic mass is 10.2. The highest BCUT2D eigenvalue weighted by molar-refractivity contribution is 5.84. The van der Waals surface area contributed by atoms with Crippen molar-refractivity contribution in [3.8, 4) is 0 Å². The van der Waals surface area contributed by atoms with Crippen LogP contribution in [-0.4, -0.2) is 36.4 Å². The molecular weight excluding hydrogens is 164 g/mol. The SMILES string of the molecule is COC(=O)NC(C(N)=O)C(C)O. The topological polar surface area (TPSA) is 102 Å². The van der Waals surface area contributed by atoms with E-state index in [1.807, 2.05) is 0 Å². The summed E-state index contributed by atoms with van der Waals surface area (Å²) in [4.78, 5) is 21.2. The van der Waals surface area contributed by atoms with Gasteiger partial charge < -0.3 is 20.9 Å². The first-order valence-electron chi connectivity index (χ1n) is 3.31. The number of primary amides is 1. The molecule has 2 unspecified atom stereocenters. The van der Waals surface area contributed by atoms with Gasteiger partial charge in [0.25, 0.3) is 0 Å². The van der Waals surface area contributed by atoms with Gasteiger partial charge in [-0.05, 0) is 6.92 Å². The predicted molar refractivity (Wildman–Crippen MR) is 40.2 cm³/mol. The van der Waals surface area contributed by atoms with E-state index in [-0.39, 0.29) is 0 Å². The molecule has 4 N–H and O–H groups in total. The molecule has 70 valence electrons. The van der Waals surface area contributed by atoms with Crippen molar-refractivity contribution in [1.82, 2.24) is 5.32 Å². The number of hydrogen-bond donors (Lipinski definition) is 3. The Hall–Kier alpha value is -1.30. The van der Waals surface area contributed by atoms with Gasteiger partial charge in [-0.3, -0.25) is 4.79 Å². The van der Waals surface area contributed by atoms with E-state index in [9.17, 15) is 9.59 Å². The molecule has 0 aromatic carbocycles. The van der Waals surface area contributed by atoms with Gasteiger partial charge in [0.05, 0.1) is 13.2 Å². The highest BCUT2D eigenvalue weighted by Crippen LogP contribution is 1.91. The molecular formula is C6H12N2O4. The van der Waals surface area contributed by atoms with Gasteiger partial charge in [0.1, 0.15) is 6.04 Å². The standard InChI is InChI=1S/C6H12N2O4/c1-3(9)4(5(7)10)8-6(11)12-2/h3-4,9H,1-2H3,(H2,7,10)(H,8,11). The zero-order chi connectivity index (χ0) is 9.72. The average molecular weight is 176 g/mol. The van der Waals surface area contributed by atoms with Crippen LogP contribution in [0.25, 0.3) is 0 Å². The van der Waals surface area contributed by atoms with Gasteiger partial charge in [0.2, 0.25) is 5.91 Å². The zero-order valence-corrected chi connectivity index (χ0v) is 6.90. The quantitative estimate of drug-likeness (QED) is 0.491. The first kappa shape index (κ1) is 10.7. The number of carbonyl (C=O) groups excluding carboxylic acids is 2. The number of amides is 2. The number of rotatable bonds is 3. The maximum absolute atomic E-state index is 10.6. The molecule has 6 heteroatoms. The molecule has 0 saturated heterocycles. The molecule has 0 spiro atoms. The average Bonchev–Trinajstić information content (AvgIpc) is 1.98. The Labute approximate surface area is 69.7 Å². The molecule has 0 aromatic rings. The van der Waals surface area contributed by atoms with Crippen molar-refractivity contribution < 1.29 is 19.4 Å². The zero-order valence-electron chi connectivity index (χ0n) is 6.90. The van der Waals surface area contributed by atoms with Crippen LogP contribution in [0, 0.1) is 0 Å². The molecule has 0 radical (unpaired) electrons. The van der Waals surface area contributed by atoms with Gasteiger partial charge >= 0.3 is 6.09 Å². The lowest BCUT2D eigenvalue weighted by molar-refractivity contribution is -0.122. The maximum Gasteiger partial charge on any atom is 0.407 e. The van der Waals surface area contributed by atoms with E-state index in [1.165, 1.54) is 6.92 Å². The first-order chi connectivity index (χ1) is 5.49. The molecule has 0 aliphatic heterocycles. The molecule has 12 heavy (non-hydrogen) atoms. The van der Waals surface area contributed by atoms with Crippen molar-refractivity contribution in [3.05, 3.63) is 0 Å². The molecule has 2 atom stereocenters. The largest absolute Gasteiger partial charge is 0.453 e. The third kappa shape index (κ3) is 3.20. The summed E-state index contributed by atoms with van der Waals surface area (Å²) in [5.74, 6) is -0.810. The van der Waals surface area contributed by atoms with Gasteiger partial charge in [-0.15, -0.1) is 0 Å². The van der Waals surface area contributed by atoms with Crippen LogP contribution in [-0.2, 0) is 9.53 Å². The number of methoxy groups -OCH3 is 1.